The molecular weight excluding hydrogens is 425 g/mol. The number of hydrogen-bond donors (Lipinski definition) is 2. The van der Waals surface area contributed by atoms with Crippen molar-refractivity contribution in [1.82, 2.24) is 15.5 Å². The van der Waals surface area contributed by atoms with Crippen molar-refractivity contribution in [1.29, 1.82) is 0 Å². The number of hydrogen-bond acceptors (Lipinski definition) is 4. The maximum Gasteiger partial charge on any atom is 0.325 e. The monoisotopic (exact) mass is 453 g/mol. The molecule has 7 nitrogen and oxygen atoms in total. The van der Waals surface area contributed by atoms with Crippen LogP contribution in [-0.2, 0) is 28.0 Å². The summed E-state index contributed by atoms with van der Waals surface area (Å²) in [6.07, 6.45) is 2.20. The highest BCUT2D eigenvalue weighted by molar-refractivity contribution is 6.11. The zero-order valence-electron chi connectivity index (χ0n) is 19.0. The molecule has 3 rings (SSSR count). The van der Waals surface area contributed by atoms with Crippen LogP contribution in [0.4, 0.5) is 9.18 Å². The molecule has 0 radical (unpaired) electrons. The topological polar surface area (TPSA) is 95.6 Å². The molecule has 0 spiro atoms. The molecule has 1 atom stereocenters. The molecule has 0 bridgehead atoms. The average molecular weight is 454 g/mol. The van der Waals surface area contributed by atoms with Gasteiger partial charge in [-0.15, -0.1) is 0 Å². The van der Waals surface area contributed by atoms with Gasteiger partial charge in [0.25, 0.3) is 5.91 Å². The van der Waals surface area contributed by atoms with E-state index >= 15 is 0 Å². The van der Waals surface area contributed by atoms with E-state index in [0.717, 1.165) is 29.4 Å². The predicted octanol–water partition coefficient (Wildman–Crippen LogP) is 3.11. The van der Waals surface area contributed by atoms with E-state index in [1.54, 1.807) is 6.92 Å². The van der Waals surface area contributed by atoms with E-state index in [9.17, 15) is 23.6 Å². The highest BCUT2D eigenvalue weighted by Gasteiger charge is 2.49. The minimum absolute atomic E-state index is 0.0638. The fraction of sp³-hybridized carbons (Fsp3) is 0.360. The van der Waals surface area contributed by atoms with Crippen LogP contribution in [0, 0.1) is 5.82 Å². The van der Waals surface area contributed by atoms with E-state index in [2.05, 4.69) is 17.6 Å². The molecule has 1 fully saturated rings. The first kappa shape index (κ1) is 24.1. The predicted molar refractivity (Wildman–Crippen MR) is 121 cm³/mol. The molecule has 4 amide bonds. The van der Waals surface area contributed by atoms with Gasteiger partial charge in [0.2, 0.25) is 5.91 Å². The van der Waals surface area contributed by atoms with E-state index in [1.807, 2.05) is 24.3 Å². The Morgan fingerprint density at radius 3 is 2.39 bits per heavy atom. The Hall–Kier alpha value is -3.55. The molecule has 33 heavy (non-hydrogen) atoms. The van der Waals surface area contributed by atoms with Gasteiger partial charge in [0.1, 0.15) is 11.4 Å². The molecule has 0 aliphatic carbocycles. The summed E-state index contributed by atoms with van der Waals surface area (Å²) in [5, 5.41) is 5.27. The maximum absolute atomic E-state index is 14.4. The highest BCUT2D eigenvalue weighted by atomic mass is 19.1. The third-order valence-electron chi connectivity index (χ3n) is 5.79. The minimum atomic E-state index is -1.28. The van der Waals surface area contributed by atoms with Crippen LogP contribution in [0.25, 0.3) is 0 Å². The van der Waals surface area contributed by atoms with Crippen LogP contribution < -0.4 is 10.6 Å². The summed E-state index contributed by atoms with van der Waals surface area (Å²) in [7, 11) is 0. The zero-order valence-corrected chi connectivity index (χ0v) is 19.0. The molecule has 1 unspecified atom stereocenters. The van der Waals surface area contributed by atoms with Crippen LogP contribution >= 0.6 is 0 Å². The number of nitrogens with zero attached hydrogens (tertiary/aromatic N) is 1. The van der Waals surface area contributed by atoms with Crippen molar-refractivity contribution in [2.24, 2.45) is 0 Å². The van der Waals surface area contributed by atoms with E-state index in [4.69, 9.17) is 0 Å². The van der Waals surface area contributed by atoms with Crippen LogP contribution in [0.15, 0.2) is 42.5 Å². The van der Waals surface area contributed by atoms with Gasteiger partial charge in [-0.3, -0.25) is 19.3 Å². The van der Waals surface area contributed by atoms with Gasteiger partial charge in [-0.25, -0.2) is 9.18 Å². The second kappa shape index (κ2) is 9.94. The average Bonchev–Trinajstić information content (AvgIpc) is 2.99. The number of carbonyl (C=O) groups is 4. The number of Topliss-reactive ketones (excluding diaryl/α,β-unsaturated/α-hetero) is 1. The van der Waals surface area contributed by atoms with Gasteiger partial charge in [0.05, 0.1) is 6.54 Å². The molecule has 0 saturated carbocycles. The normalized spacial score (nSPS) is 17.8. The molecule has 1 aliphatic rings. The third-order valence-corrected chi connectivity index (χ3v) is 5.79. The van der Waals surface area contributed by atoms with Crippen molar-refractivity contribution in [3.8, 4) is 0 Å². The van der Waals surface area contributed by atoms with Crippen LogP contribution in [0.3, 0.4) is 0 Å². The molecule has 2 aromatic carbocycles. The van der Waals surface area contributed by atoms with Crippen molar-refractivity contribution < 1.29 is 23.6 Å². The van der Waals surface area contributed by atoms with Crippen molar-refractivity contribution >= 4 is 23.6 Å². The Labute approximate surface area is 192 Å². The van der Waals surface area contributed by atoms with Gasteiger partial charge in [-0.05, 0) is 42.5 Å². The number of amides is 4. The van der Waals surface area contributed by atoms with E-state index in [-0.39, 0.29) is 24.4 Å². The molecule has 2 aromatic rings. The SMILES string of the molecule is CCCc1ccc(C2(C)NC(=O)N(CC(=O)c3ccc(CCNC(C)=O)c(F)c3)C2=O)cc1. The summed E-state index contributed by atoms with van der Waals surface area (Å²) >= 11 is 0. The van der Waals surface area contributed by atoms with Crippen molar-refractivity contribution in [2.45, 2.75) is 45.6 Å². The summed E-state index contributed by atoms with van der Waals surface area (Å²) in [5.41, 5.74) is 0.908. The molecule has 2 N–H and O–H groups in total. The van der Waals surface area contributed by atoms with Crippen molar-refractivity contribution in [2.75, 3.05) is 13.1 Å². The van der Waals surface area contributed by atoms with E-state index < -0.39 is 35.6 Å². The maximum atomic E-state index is 14.4. The molecule has 174 valence electrons. The smallest absolute Gasteiger partial charge is 0.325 e. The molecule has 1 aliphatic heterocycles. The van der Waals surface area contributed by atoms with E-state index in [0.29, 0.717) is 11.1 Å². The second-order valence-electron chi connectivity index (χ2n) is 8.36. The lowest BCUT2D eigenvalue weighted by Gasteiger charge is -2.22. The fourth-order valence-electron chi connectivity index (χ4n) is 3.86. The van der Waals surface area contributed by atoms with Crippen LogP contribution in [-0.4, -0.2) is 41.6 Å². The van der Waals surface area contributed by atoms with Gasteiger partial charge in [0.15, 0.2) is 5.78 Å². The summed E-state index contributed by atoms with van der Waals surface area (Å²) < 4.78 is 14.4. The number of ketones is 1. The summed E-state index contributed by atoms with van der Waals surface area (Å²) in [5.74, 6) is -1.87. The zero-order chi connectivity index (χ0) is 24.2. The summed E-state index contributed by atoms with van der Waals surface area (Å²) in [6.45, 7) is 4.85. The number of rotatable bonds is 9. The van der Waals surface area contributed by atoms with Gasteiger partial charge < -0.3 is 10.6 Å². The van der Waals surface area contributed by atoms with E-state index in [1.165, 1.54) is 19.1 Å². The second-order valence-corrected chi connectivity index (χ2v) is 8.36. The molecule has 8 heteroatoms. The van der Waals surface area contributed by atoms with Crippen molar-refractivity contribution in [3.63, 3.8) is 0 Å². The Kier molecular flexibility index (Phi) is 7.26. The number of benzene rings is 2. The lowest BCUT2D eigenvalue weighted by atomic mass is 9.91. The number of halogens is 1. The third kappa shape index (κ3) is 5.27. The Morgan fingerprint density at radius 2 is 1.79 bits per heavy atom. The molecule has 1 saturated heterocycles. The number of carbonyl (C=O) groups excluding carboxylic acids is 4. The van der Waals surface area contributed by atoms with Gasteiger partial charge in [0, 0.05) is 19.0 Å². The number of imide groups is 1. The fourth-order valence-corrected chi connectivity index (χ4v) is 3.86. The first-order valence-corrected chi connectivity index (χ1v) is 10.9. The first-order valence-electron chi connectivity index (χ1n) is 10.9. The highest BCUT2D eigenvalue weighted by Crippen LogP contribution is 2.29. The number of nitrogens with one attached hydrogen (secondary N) is 2. The van der Waals surface area contributed by atoms with Crippen LogP contribution in [0.2, 0.25) is 0 Å². The Bertz CT molecular complexity index is 1080. The number of urea groups is 1. The van der Waals surface area contributed by atoms with Gasteiger partial charge >= 0.3 is 6.03 Å². The minimum Gasteiger partial charge on any atom is -0.356 e. The Morgan fingerprint density at radius 1 is 1.09 bits per heavy atom. The summed E-state index contributed by atoms with van der Waals surface area (Å²) in [6, 6.07) is 10.8. The Balaban J connectivity index is 1.71. The quantitative estimate of drug-likeness (QED) is 0.451. The van der Waals surface area contributed by atoms with Crippen LogP contribution in [0.1, 0.15) is 54.2 Å². The summed E-state index contributed by atoms with van der Waals surface area (Å²) in [4.78, 5) is 50.2. The lowest BCUT2D eigenvalue weighted by Crippen LogP contribution is -2.41. The lowest BCUT2D eigenvalue weighted by molar-refractivity contribution is -0.130. The van der Waals surface area contributed by atoms with Crippen LogP contribution in [0.5, 0.6) is 0 Å². The molecule has 1 heterocycles. The van der Waals surface area contributed by atoms with Crippen molar-refractivity contribution in [3.05, 3.63) is 70.5 Å². The number of aryl methyl sites for hydroxylation is 1. The van der Waals surface area contributed by atoms with Gasteiger partial charge in [-0.2, -0.15) is 0 Å². The molecule has 0 aromatic heterocycles. The largest absolute Gasteiger partial charge is 0.356 e. The standard InChI is InChI=1S/C25H28FN3O4/c1-4-5-17-6-10-20(11-7-17)25(3)23(32)29(24(33)28-25)15-22(31)19-9-8-18(21(26)14-19)12-13-27-16(2)30/h6-11,14H,4-5,12-13,15H2,1-3H3,(H,27,30)(H,28,33). The molecular formula is C25H28FN3O4. The first-order chi connectivity index (χ1) is 15.7. The van der Waals surface area contributed by atoms with Gasteiger partial charge in [-0.1, -0.05) is 49.7 Å².